The van der Waals surface area contributed by atoms with Crippen molar-refractivity contribution in [1.82, 2.24) is 15.6 Å². The molecule has 0 atom stereocenters. The van der Waals surface area contributed by atoms with E-state index in [9.17, 15) is 4.39 Å². The molecule has 8 heteroatoms. The molecule has 4 nitrogen and oxygen atoms in total. The van der Waals surface area contributed by atoms with E-state index in [1.807, 2.05) is 6.20 Å². The topological polar surface area (TPSA) is 49.3 Å². The Hall–Kier alpha value is -0.740. The summed E-state index contributed by atoms with van der Waals surface area (Å²) < 4.78 is 13.7. The van der Waals surface area contributed by atoms with E-state index in [2.05, 4.69) is 43.5 Å². The molecule has 1 aromatic heterocycles. The maximum Gasteiger partial charge on any atom is 0.191 e. The second-order valence-electron chi connectivity index (χ2n) is 4.92. The van der Waals surface area contributed by atoms with Crippen LogP contribution in [0.1, 0.15) is 22.4 Å². The summed E-state index contributed by atoms with van der Waals surface area (Å²) in [6.07, 6.45) is 3.72. The largest absolute Gasteiger partial charge is 0.356 e. The van der Waals surface area contributed by atoms with Crippen molar-refractivity contribution in [2.75, 3.05) is 13.6 Å². The average Bonchev–Trinajstić information content (AvgIpc) is 3.02. The predicted molar refractivity (Wildman–Crippen MR) is 113 cm³/mol. The third kappa shape index (κ3) is 6.64. The summed E-state index contributed by atoms with van der Waals surface area (Å²) >= 11 is 4.91. The van der Waals surface area contributed by atoms with Gasteiger partial charge in [-0.1, -0.05) is 13.0 Å². The Morgan fingerprint density at radius 2 is 2.17 bits per heavy atom. The molecule has 0 aliphatic heterocycles. The number of guanidine groups is 1. The van der Waals surface area contributed by atoms with Gasteiger partial charge in [0.1, 0.15) is 10.8 Å². The van der Waals surface area contributed by atoms with Gasteiger partial charge in [-0.25, -0.2) is 9.37 Å². The lowest BCUT2D eigenvalue weighted by Gasteiger charge is -2.11. The smallest absolute Gasteiger partial charge is 0.191 e. The lowest BCUT2D eigenvalue weighted by atomic mass is 10.1. The number of aryl methyl sites for hydroxylation is 1. The molecule has 0 radical (unpaired) electrons. The molecule has 132 valence electrons. The monoisotopic (exact) mass is 526 g/mol. The van der Waals surface area contributed by atoms with Crippen molar-refractivity contribution in [3.8, 4) is 0 Å². The van der Waals surface area contributed by atoms with Crippen LogP contribution in [-0.4, -0.2) is 24.5 Å². The van der Waals surface area contributed by atoms with Crippen molar-refractivity contribution in [2.45, 2.75) is 26.3 Å². The van der Waals surface area contributed by atoms with Gasteiger partial charge in [0.05, 0.1) is 11.0 Å². The fourth-order valence-corrected chi connectivity index (χ4v) is 3.22. The maximum absolute atomic E-state index is 13.2. The first-order chi connectivity index (χ1) is 11.1. The number of aromatic nitrogens is 1. The molecule has 1 aromatic carbocycles. The molecule has 0 fully saturated rings. The number of aliphatic imine (C=N–C) groups is 1. The molecule has 24 heavy (non-hydrogen) atoms. The Morgan fingerprint density at radius 1 is 1.38 bits per heavy atom. The van der Waals surface area contributed by atoms with E-state index in [-0.39, 0.29) is 29.8 Å². The molecule has 0 saturated carbocycles. The first kappa shape index (κ1) is 21.3. The van der Waals surface area contributed by atoms with Crippen LogP contribution in [0.2, 0.25) is 0 Å². The van der Waals surface area contributed by atoms with Crippen molar-refractivity contribution in [2.24, 2.45) is 4.99 Å². The maximum atomic E-state index is 13.2. The predicted octanol–water partition coefficient (Wildman–Crippen LogP) is 4.13. The van der Waals surface area contributed by atoms with Crippen LogP contribution in [-0.2, 0) is 19.4 Å². The van der Waals surface area contributed by atoms with Gasteiger partial charge in [0.15, 0.2) is 5.96 Å². The minimum absolute atomic E-state index is 0. The lowest BCUT2D eigenvalue weighted by molar-refractivity contribution is 0.620. The molecule has 1 heterocycles. The number of benzene rings is 1. The zero-order chi connectivity index (χ0) is 16.7. The number of nitrogens with zero attached hydrogens (tertiary/aromatic N) is 2. The fourth-order valence-electron chi connectivity index (χ4n) is 1.99. The zero-order valence-electron chi connectivity index (χ0n) is 13.6. The normalized spacial score (nSPS) is 11.1. The molecule has 0 spiro atoms. The van der Waals surface area contributed by atoms with Crippen molar-refractivity contribution >= 4 is 57.2 Å². The van der Waals surface area contributed by atoms with E-state index in [0.717, 1.165) is 35.9 Å². The molecular formula is C16H21BrFIN4S. The van der Waals surface area contributed by atoms with Gasteiger partial charge in [-0.2, -0.15) is 0 Å². The van der Waals surface area contributed by atoms with Gasteiger partial charge in [0.25, 0.3) is 0 Å². The van der Waals surface area contributed by atoms with Crippen LogP contribution in [0, 0.1) is 5.82 Å². The average molecular weight is 527 g/mol. The minimum Gasteiger partial charge on any atom is -0.356 e. The summed E-state index contributed by atoms with van der Waals surface area (Å²) in [5.41, 5.74) is 1.06. The quantitative estimate of drug-likeness (QED) is 0.338. The van der Waals surface area contributed by atoms with E-state index in [4.69, 9.17) is 0 Å². The van der Waals surface area contributed by atoms with E-state index in [1.54, 1.807) is 30.5 Å². The lowest BCUT2D eigenvalue weighted by Crippen LogP contribution is -2.37. The molecule has 0 aliphatic carbocycles. The van der Waals surface area contributed by atoms with Crippen LogP contribution in [0.4, 0.5) is 4.39 Å². The van der Waals surface area contributed by atoms with E-state index < -0.39 is 0 Å². The van der Waals surface area contributed by atoms with E-state index in [1.165, 1.54) is 10.9 Å². The number of nitrogens with one attached hydrogen (secondary N) is 2. The minimum atomic E-state index is -0.242. The molecule has 0 aliphatic rings. The van der Waals surface area contributed by atoms with Gasteiger partial charge < -0.3 is 10.6 Å². The number of rotatable bonds is 6. The number of thiazole rings is 1. The Labute approximate surface area is 171 Å². The highest BCUT2D eigenvalue weighted by atomic mass is 127. The summed E-state index contributed by atoms with van der Waals surface area (Å²) in [6.45, 7) is 3.50. The number of hydrogen-bond donors (Lipinski definition) is 2. The van der Waals surface area contributed by atoms with Gasteiger partial charge in [-0.3, -0.25) is 4.99 Å². The third-order valence-electron chi connectivity index (χ3n) is 3.27. The highest BCUT2D eigenvalue weighted by Crippen LogP contribution is 2.17. The Morgan fingerprint density at radius 3 is 2.79 bits per heavy atom. The summed E-state index contributed by atoms with van der Waals surface area (Å²) in [7, 11) is 1.74. The van der Waals surface area contributed by atoms with Crippen molar-refractivity contribution < 1.29 is 4.39 Å². The van der Waals surface area contributed by atoms with E-state index in [0.29, 0.717) is 11.0 Å². The van der Waals surface area contributed by atoms with Crippen molar-refractivity contribution in [1.29, 1.82) is 0 Å². The Kier molecular flexibility index (Phi) is 9.75. The third-order valence-corrected chi connectivity index (χ3v) is 5.02. The van der Waals surface area contributed by atoms with Crippen LogP contribution in [0.3, 0.4) is 0 Å². The first-order valence-electron chi connectivity index (χ1n) is 7.44. The molecular weight excluding hydrogens is 506 g/mol. The summed E-state index contributed by atoms with van der Waals surface area (Å²) in [6, 6.07) is 5.06. The number of halogens is 3. The van der Waals surface area contributed by atoms with E-state index >= 15 is 0 Å². The van der Waals surface area contributed by atoms with Crippen molar-refractivity contribution in [3.63, 3.8) is 0 Å². The van der Waals surface area contributed by atoms with Crippen molar-refractivity contribution in [3.05, 3.63) is 50.1 Å². The molecule has 2 aromatic rings. The van der Waals surface area contributed by atoms with Gasteiger partial charge >= 0.3 is 0 Å². The highest BCUT2D eigenvalue weighted by molar-refractivity contribution is 14.0. The molecule has 0 unspecified atom stereocenters. The van der Waals surface area contributed by atoms with Crippen LogP contribution in [0.5, 0.6) is 0 Å². The number of hydrogen-bond acceptors (Lipinski definition) is 3. The zero-order valence-corrected chi connectivity index (χ0v) is 18.3. The van der Waals surface area contributed by atoms with Gasteiger partial charge in [0.2, 0.25) is 0 Å². The molecule has 0 amide bonds. The summed E-state index contributed by atoms with van der Waals surface area (Å²) in [5, 5.41) is 7.55. The standard InChI is InChI=1S/C16H20BrFN4S.HI/c1-3-12-9-21-15(23-12)10-22-16(19-2)20-7-6-11-4-5-14(18)13(17)8-11;/h4-5,8-9H,3,6-7,10H2,1-2H3,(H2,19,20,22);1H. The second-order valence-corrected chi connectivity index (χ2v) is 6.98. The van der Waals surface area contributed by atoms with Gasteiger partial charge in [0, 0.05) is 24.7 Å². The van der Waals surface area contributed by atoms with Crippen LogP contribution in [0.25, 0.3) is 0 Å². The molecule has 0 bridgehead atoms. The van der Waals surface area contributed by atoms with Gasteiger partial charge in [-0.05, 0) is 46.5 Å². The molecule has 2 N–H and O–H groups in total. The second kappa shape index (κ2) is 11.0. The first-order valence-corrected chi connectivity index (χ1v) is 9.05. The molecule has 2 rings (SSSR count). The Bertz CT molecular complexity index is 678. The SMILES string of the molecule is CCc1cnc(CNC(=NC)NCCc2ccc(F)c(Br)c2)s1.I. The van der Waals surface area contributed by atoms with Crippen LogP contribution >= 0.6 is 51.2 Å². The molecule has 0 saturated heterocycles. The summed E-state index contributed by atoms with van der Waals surface area (Å²) in [5.74, 6) is 0.494. The summed E-state index contributed by atoms with van der Waals surface area (Å²) in [4.78, 5) is 9.85. The Balaban J connectivity index is 0.00000288. The van der Waals surface area contributed by atoms with Crippen LogP contribution < -0.4 is 10.6 Å². The highest BCUT2D eigenvalue weighted by Gasteiger charge is 2.04. The fraction of sp³-hybridized carbons (Fsp3) is 0.375. The van der Waals surface area contributed by atoms with Gasteiger partial charge in [-0.15, -0.1) is 35.3 Å². The van der Waals surface area contributed by atoms with Crippen LogP contribution in [0.15, 0.2) is 33.9 Å².